The maximum absolute atomic E-state index is 12.4. The number of amides is 2. The highest BCUT2D eigenvalue weighted by molar-refractivity contribution is 7.87. The quantitative estimate of drug-likeness (QED) is 0.622. The number of anilines is 1. The van der Waals surface area contributed by atoms with Crippen molar-refractivity contribution in [2.75, 3.05) is 5.32 Å². The molecule has 0 saturated heterocycles. The van der Waals surface area contributed by atoms with Crippen LogP contribution >= 0.6 is 0 Å². The van der Waals surface area contributed by atoms with Crippen LogP contribution in [-0.2, 0) is 10.1 Å². The highest BCUT2D eigenvalue weighted by Gasteiger charge is 2.18. The average Bonchev–Trinajstić information content (AvgIpc) is 2.68. The van der Waals surface area contributed by atoms with E-state index in [0.717, 1.165) is 0 Å². The van der Waals surface area contributed by atoms with E-state index in [1.807, 2.05) is 0 Å². The Morgan fingerprint density at radius 1 is 0.821 bits per heavy atom. The second kappa shape index (κ2) is 7.93. The summed E-state index contributed by atoms with van der Waals surface area (Å²) in [5.41, 5.74) is 5.87. The topological polar surface area (TPSA) is 116 Å². The van der Waals surface area contributed by atoms with Gasteiger partial charge in [0, 0.05) is 22.9 Å². The molecular weight excluding hydrogens is 380 g/mol. The van der Waals surface area contributed by atoms with Crippen molar-refractivity contribution in [3.05, 3.63) is 90.0 Å². The number of carbonyl (C=O) groups excluding carboxylic acids is 2. The molecule has 0 fully saturated rings. The van der Waals surface area contributed by atoms with Gasteiger partial charge in [0.25, 0.3) is 5.91 Å². The number of primary amides is 1. The van der Waals surface area contributed by atoms with Crippen LogP contribution in [0, 0.1) is 0 Å². The molecule has 3 rings (SSSR count). The van der Waals surface area contributed by atoms with Crippen molar-refractivity contribution >= 4 is 27.6 Å². The first-order chi connectivity index (χ1) is 13.3. The molecule has 0 bridgehead atoms. The molecule has 0 aromatic heterocycles. The van der Waals surface area contributed by atoms with Crippen molar-refractivity contribution in [2.24, 2.45) is 5.73 Å². The zero-order valence-corrected chi connectivity index (χ0v) is 15.3. The van der Waals surface area contributed by atoms with Crippen LogP contribution in [0.3, 0.4) is 0 Å². The Morgan fingerprint density at radius 2 is 1.43 bits per heavy atom. The molecular formula is C20H16N2O5S. The van der Waals surface area contributed by atoms with Gasteiger partial charge in [-0.2, -0.15) is 8.42 Å². The average molecular weight is 396 g/mol. The maximum Gasteiger partial charge on any atom is 0.339 e. The van der Waals surface area contributed by atoms with Gasteiger partial charge >= 0.3 is 10.1 Å². The van der Waals surface area contributed by atoms with Gasteiger partial charge in [0.2, 0.25) is 5.91 Å². The standard InChI is InChI=1S/C20H16N2O5S/c21-19(23)15-11-16(22-20(24)14-7-3-1-4-8-14)13-17(12-15)27-28(25,26)18-9-5-2-6-10-18/h1-13H,(H2,21,23)(H,22,24). The molecule has 0 aliphatic rings. The van der Waals surface area contributed by atoms with E-state index in [-0.39, 0.29) is 21.9 Å². The van der Waals surface area contributed by atoms with Crippen molar-refractivity contribution < 1.29 is 22.2 Å². The summed E-state index contributed by atoms with van der Waals surface area (Å²) in [4.78, 5) is 23.9. The Labute approximate surface area is 161 Å². The number of benzene rings is 3. The monoisotopic (exact) mass is 396 g/mol. The second-order valence-electron chi connectivity index (χ2n) is 5.78. The van der Waals surface area contributed by atoms with Crippen molar-refractivity contribution in [3.8, 4) is 5.75 Å². The van der Waals surface area contributed by atoms with Gasteiger partial charge in [-0.05, 0) is 36.4 Å². The van der Waals surface area contributed by atoms with Gasteiger partial charge in [-0.1, -0.05) is 36.4 Å². The Balaban J connectivity index is 1.92. The molecule has 2 amide bonds. The SMILES string of the molecule is NC(=O)c1cc(NC(=O)c2ccccc2)cc(OS(=O)(=O)c2ccccc2)c1. The fourth-order valence-corrected chi connectivity index (χ4v) is 3.35. The second-order valence-corrected chi connectivity index (χ2v) is 7.33. The van der Waals surface area contributed by atoms with E-state index in [0.29, 0.717) is 5.56 Å². The third kappa shape index (κ3) is 4.54. The zero-order chi connectivity index (χ0) is 20.1. The number of nitrogens with two attached hydrogens (primary N) is 1. The van der Waals surface area contributed by atoms with E-state index in [1.165, 1.54) is 30.3 Å². The number of nitrogens with one attached hydrogen (secondary N) is 1. The first-order valence-electron chi connectivity index (χ1n) is 8.16. The predicted molar refractivity (Wildman–Crippen MR) is 104 cm³/mol. The van der Waals surface area contributed by atoms with Crippen molar-refractivity contribution in [1.29, 1.82) is 0 Å². The van der Waals surface area contributed by atoms with E-state index in [1.54, 1.807) is 48.5 Å². The van der Waals surface area contributed by atoms with Gasteiger partial charge in [0.05, 0.1) is 0 Å². The summed E-state index contributed by atoms with van der Waals surface area (Å²) in [5, 5.41) is 2.60. The molecule has 3 aromatic rings. The Morgan fingerprint density at radius 3 is 2.04 bits per heavy atom. The molecule has 0 unspecified atom stereocenters. The van der Waals surface area contributed by atoms with Crippen LogP contribution in [0.4, 0.5) is 5.69 Å². The highest BCUT2D eigenvalue weighted by atomic mass is 32.2. The lowest BCUT2D eigenvalue weighted by atomic mass is 10.1. The minimum atomic E-state index is -4.12. The third-order valence-corrected chi connectivity index (χ3v) is 4.98. The van der Waals surface area contributed by atoms with Crippen molar-refractivity contribution in [3.63, 3.8) is 0 Å². The van der Waals surface area contributed by atoms with E-state index in [9.17, 15) is 18.0 Å². The summed E-state index contributed by atoms with van der Waals surface area (Å²) in [6, 6.07) is 19.8. The summed E-state index contributed by atoms with van der Waals surface area (Å²) in [6.45, 7) is 0. The summed E-state index contributed by atoms with van der Waals surface area (Å²) in [7, 11) is -4.12. The van der Waals surface area contributed by atoms with Crippen LogP contribution in [0.2, 0.25) is 0 Å². The molecule has 0 aliphatic heterocycles. The normalized spacial score (nSPS) is 10.9. The van der Waals surface area contributed by atoms with E-state index in [4.69, 9.17) is 9.92 Å². The summed E-state index contributed by atoms with van der Waals surface area (Å²) in [6.07, 6.45) is 0. The van der Waals surface area contributed by atoms with Crippen LogP contribution in [0.5, 0.6) is 5.75 Å². The Bertz CT molecular complexity index is 1110. The van der Waals surface area contributed by atoms with Gasteiger partial charge in [0.1, 0.15) is 10.6 Å². The summed E-state index contributed by atoms with van der Waals surface area (Å²) >= 11 is 0. The van der Waals surface area contributed by atoms with Gasteiger partial charge in [0.15, 0.2) is 0 Å². The number of hydrogen-bond donors (Lipinski definition) is 2. The molecule has 142 valence electrons. The van der Waals surface area contributed by atoms with E-state index in [2.05, 4.69) is 5.32 Å². The first-order valence-corrected chi connectivity index (χ1v) is 9.57. The molecule has 28 heavy (non-hydrogen) atoms. The minimum Gasteiger partial charge on any atom is -0.379 e. The summed E-state index contributed by atoms with van der Waals surface area (Å²) in [5.74, 6) is -1.37. The molecule has 3 aromatic carbocycles. The fourth-order valence-electron chi connectivity index (χ4n) is 2.42. The molecule has 0 radical (unpaired) electrons. The predicted octanol–water partition coefficient (Wildman–Crippen LogP) is 2.81. The Hall–Kier alpha value is -3.65. The Kier molecular flexibility index (Phi) is 5.42. The molecule has 3 N–H and O–H groups in total. The smallest absolute Gasteiger partial charge is 0.339 e. The molecule has 0 saturated carbocycles. The van der Waals surface area contributed by atoms with Gasteiger partial charge < -0.3 is 15.2 Å². The van der Waals surface area contributed by atoms with Crippen LogP contribution in [0.1, 0.15) is 20.7 Å². The lowest BCUT2D eigenvalue weighted by Gasteiger charge is -2.11. The first kappa shape index (κ1) is 19.1. The van der Waals surface area contributed by atoms with Crippen molar-refractivity contribution in [2.45, 2.75) is 4.90 Å². The minimum absolute atomic E-state index is 0.0101. The molecule has 0 spiro atoms. The molecule has 7 nitrogen and oxygen atoms in total. The maximum atomic E-state index is 12.4. The lowest BCUT2D eigenvalue weighted by molar-refractivity contribution is 0.0996. The van der Waals surface area contributed by atoms with Crippen LogP contribution in [0.15, 0.2) is 83.8 Å². The lowest BCUT2D eigenvalue weighted by Crippen LogP contribution is -2.16. The van der Waals surface area contributed by atoms with Crippen LogP contribution in [-0.4, -0.2) is 20.2 Å². The fraction of sp³-hybridized carbons (Fsp3) is 0. The van der Waals surface area contributed by atoms with E-state index >= 15 is 0 Å². The van der Waals surface area contributed by atoms with Crippen LogP contribution in [0.25, 0.3) is 0 Å². The molecule has 0 aliphatic carbocycles. The number of hydrogen-bond acceptors (Lipinski definition) is 5. The van der Waals surface area contributed by atoms with Gasteiger partial charge in [-0.15, -0.1) is 0 Å². The van der Waals surface area contributed by atoms with E-state index < -0.39 is 21.9 Å². The number of rotatable bonds is 6. The molecule has 0 heterocycles. The van der Waals surface area contributed by atoms with Crippen molar-refractivity contribution in [1.82, 2.24) is 0 Å². The van der Waals surface area contributed by atoms with Gasteiger partial charge in [-0.3, -0.25) is 9.59 Å². The highest BCUT2D eigenvalue weighted by Crippen LogP contribution is 2.25. The van der Waals surface area contributed by atoms with Gasteiger partial charge in [-0.25, -0.2) is 0 Å². The summed E-state index contributed by atoms with van der Waals surface area (Å²) < 4.78 is 29.9. The van der Waals surface area contributed by atoms with Crippen LogP contribution < -0.4 is 15.2 Å². The largest absolute Gasteiger partial charge is 0.379 e. The molecule has 8 heteroatoms. The number of carbonyl (C=O) groups is 2. The zero-order valence-electron chi connectivity index (χ0n) is 14.5. The third-order valence-electron chi connectivity index (χ3n) is 3.72. The molecule has 0 atom stereocenters.